The van der Waals surface area contributed by atoms with E-state index in [-0.39, 0.29) is 12.0 Å². The van der Waals surface area contributed by atoms with Crippen molar-refractivity contribution in [1.29, 1.82) is 0 Å². The molecular formula is C9H18N2O2. The van der Waals surface area contributed by atoms with Gasteiger partial charge < -0.3 is 15.7 Å². The van der Waals surface area contributed by atoms with Crippen LogP contribution in [0.4, 0.5) is 0 Å². The minimum Gasteiger partial charge on any atom is -0.481 e. The van der Waals surface area contributed by atoms with Gasteiger partial charge in [-0.25, -0.2) is 0 Å². The second-order valence-electron chi connectivity index (χ2n) is 3.79. The molecule has 13 heavy (non-hydrogen) atoms. The summed E-state index contributed by atoms with van der Waals surface area (Å²) in [5, 5.41) is 8.86. The van der Waals surface area contributed by atoms with Gasteiger partial charge in [0.2, 0.25) is 0 Å². The number of piperidine rings is 1. The molecule has 3 N–H and O–H groups in total. The van der Waals surface area contributed by atoms with Crippen LogP contribution in [0.2, 0.25) is 0 Å². The van der Waals surface area contributed by atoms with Crippen LogP contribution in [0.25, 0.3) is 0 Å². The molecule has 1 aliphatic heterocycles. The lowest BCUT2D eigenvalue weighted by molar-refractivity contribution is -0.143. The maximum Gasteiger partial charge on any atom is 0.307 e. The second-order valence-corrected chi connectivity index (χ2v) is 3.79. The number of rotatable bonds is 3. The molecular weight excluding hydrogens is 168 g/mol. The highest BCUT2D eigenvalue weighted by atomic mass is 16.4. The molecule has 0 aromatic heterocycles. The van der Waals surface area contributed by atoms with Gasteiger partial charge in [-0.3, -0.25) is 4.79 Å². The zero-order chi connectivity index (χ0) is 9.84. The molecule has 2 atom stereocenters. The molecule has 1 fully saturated rings. The molecule has 0 aromatic rings. The van der Waals surface area contributed by atoms with E-state index in [9.17, 15) is 4.79 Å². The fraction of sp³-hybridized carbons (Fsp3) is 0.889. The van der Waals surface area contributed by atoms with Crippen molar-refractivity contribution >= 4 is 5.97 Å². The normalized spacial score (nSPS) is 30.3. The van der Waals surface area contributed by atoms with Crippen molar-refractivity contribution in [2.24, 2.45) is 11.7 Å². The summed E-state index contributed by atoms with van der Waals surface area (Å²) < 4.78 is 0. The van der Waals surface area contributed by atoms with Crippen LogP contribution in [0.5, 0.6) is 0 Å². The third-order valence-electron chi connectivity index (χ3n) is 2.45. The van der Waals surface area contributed by atoms with Gasteiger partial charge in [0, 0.05) is 19.1 Å². The molecule has 0 spiro atoms. The van der Waals surface area contributed by atoms with Crippen LogP contribution >= 0.6 is 0 Å². The summed E-state index contributed by atoms with van der Waals surface area (Å²) in [4.78, 5) is 12.9. The summed E-state index contributed by atoms with van der Waals surface area (Å²) in [7, 11) is 0. The van der Waals surface area contributed by atoms with Crippen LogP contribution in [0, 0.1) is 5.92 Å². The number of nitrogens with zero attached hydrogens (tertiary/aromatic N) is 1. The van der Waals surface area contributed by atoms with E-state index in [0.29, 0.717) is 13.0 Å². The molecule has 0 radical (unpaired) electrons. The topological polar surface area (TPSA) is 66.6 Å². The Morgan fingerprint density at radius 1 is 1.62 bits per heavy atom. The number of carboxylic acids is 1. The average Bonchev–Trinajstić information content (AvgIpc) is 2.03. The highest BCUT2D eigenvalue weighted by molar-refractivity contribution is 5.70. The largest absolute Gasteiger partial charge is 0.481 e. The first-order chi connectivity index (χ1) is 6.13. The number of carboxylic acid groups (broad SMARTS) is 1. The predicted molar refractivity (Wildman–Crippen MR) is 50.4 cm³/mol. The molecule has 0 aromatic carbocycles. The predicted octanol–water partition coefficient (Wildman–Crippen LogP) is 0.130. The minimum atomic E-state index is -0.712. The summed E-state index contributed by atoms with van der Waals surface area (Å²) in [5.41, 5.74) is 5.78. The van der Waals surface area contributed by atoms with Crippen LogP contribution in [0.3, 0.4) is 0 Å². The van der Waals surface area contributed by atoms with E-state index in [0.717, 1.165) is 19.5 Å². The fourth-order valence-corrected chi connectivity index (χ4v) is 1.91. The highest BCUT2D eigenvalue weighted by Gasteiger charge is 2.28. The van der Waals surface area contributed by atoms with Crippen molar-refractivity contribution in [2.45, 2.75) is 25.8 Å². The van der Waals surface area contributed by atoms with E-state index >= 15 is 0 Å². The average molecular weight is 186 g/mol. The third-order valence-corrected chi connectivity index (χ3v) is 2.45. The Labute approximate surface area is 78.7 Å². The molecule has 0 amide bonds. The molecule has 1 rings (SSSR count). The van der Waals surface area contributed by atoms with Crippen molar-refractivity contribution in [3.63, 3.8) is 0 Å². The van der Waals surface area contributed by atoms with Crippen molar-refractivity contribution in [1.82, 2.24) is 4.90 Å². The summed E-state index contributed by atoms with van der Waals surface area (Å²) in [5.74, 6) is -0.980. The third kappa shape index (κ3) is 2.97. The number of hydrogen-bond acceptors (Lipinski definition) is 3. The van der Waals surface area contributed by atoms with Crippen LogP contribution in [0.15, 0.2) is 0 Å². The molecule has 1 heterocycles. The van der Waals surface area contributed by atoms with E-state index < -0.39 is 5.97 Å². The highest BCUT2D eigenvalue weighted by Crippen LogP contribution is 2.15. The van der Waals surface area contributed by atoms with Gasteiger partial charge in [-0.1, -0.05) is 6.92 Å². The van der Waals surface area contributed by atoms with Crippen LogP contribution in [0.1, 0.15) is 19.8 Å². The molecule has 4 nitrogen and oxygen atoms in total. The molecule has 1 aliphatic rings. The number of nitrogens with two attached hydrogens (primary N) is 1. The van der Waals surface area contributed by atoms with Gasteiger partial charge in [-0.15, -0.1) is 0 Å². The van der Waals surface area contributed by atoms with E-state index in [4.69, 9.17) is 10.8 Å². The maximum atomic E-state index is 10.8. The quantitative estimate of drug-likeness (QED) is 0.657. The number of likely N-dealkylation sites (tertiary alicyclic amines) is 1. The Morgan fingerprint density at radius 3 is 2.85 bits per heavy atom. The van der Waals surface area contributed by atoms with E-state index in [1.807, 2.05) is 0 Å². The van der Waals surface area contributed by atoms with Crippen molar-refractivity contribution in [2.75, 3.05) is 19.6 Å². The van der Waals surface area contributed by atoms with Gasteiger partial charge in [0.25, 0.3) is 0 Å². The molecule has 0 bridgehead atoms. The van der Waals surface area contributed by atoms with Gasteiger partial charge in [0.05, 0.1) is 5.92 Å². The minimum absolute atomic E-state index is 0.0291. The van der Waals surface area contributed by atoms with Crippen molar-refractivity contribution < 1.29 is 9.90 Å². The Hall–Kier alpha value is -0.610. The monoisotopic (exact) mass is 186 g/mol. The SMILES string of the molecule is CCCN1CC(N)CC(C(=O)O)C1. The summed E-state index contributed by atoms with van der Waals surface area (Å²) in [6.45, 7) is 4.56. The lowest BCUT2D eigenvalue weighted by atomic mass is 9.95. The number of carbonyl (C=O) groups is 1. The molecule has 0 aliphatic carbocycles. The number of hydrogen-bond donors (Lipinski definition) is 2. The first-order valence-corrected chi connectivity index (χ1v) is 4.84. The molecule has 76 valence electrons. The first kappa shape index (κ1) is 10.5. The zero-order valence-corrected chi connectivity index (χ0v) is 8.07. The Morgan fingerprint density at radius 2 is 2.31 bits per heavy atom. The van der Waals surface area contributed by atoms with Crippen LogP contribution in [-0.2, 0) is 4.79 Å². The Bertz CT molecular complexity index is 184. The lowest BCUT2D eigenvalue weighted by Crippen LogP contribution is -2.49. The molecule has 1 saturated heterocycles. The molecule has 0 saturated carbocycles. The molecule has 4 heteroatoms. The summed E-state index contributed by atoms with van der Waals surface area (Å²) in [6.07, 6.45) is 1.68. The Kier molecular flexibility index (Phi) is 3.69. The van der Waals surface area contributed by atoms with E-state index in [2.05, 4.69) is 11.8 Å². The summed E-state index contributed by atoms with van der Waals surface area (Å²) >= 11 is 0. The maximum absolute atomic E-state index is 10.8. The standard InChI is InChI=1S/C9H18N2O2/c1-2-3-11-5-7(9(12)13)4-8(10)6-11/h7-8H,2-6,10H2,1H3,(H,12,13). The van der Waals surface area contributed by atoms with Crippen molar-refractivity contribution in [3.8, 4) is 0 Å². The van der Waals surface area contributed by atoms with Gasteiger partial charge in [-0.2, -0.15) is 0 Å². The van der Waals surface area contributed by atoms with E-state index in [1.165, 1.54) is 0 Å². The van der Waals surface area contributed by atoms with Crippen LogP contribution < -0.4 is 5.73 Å². The smallest absolute Gasteiger partial charge is 0.307 e. The Balaban J connectivity index is 2.47. The van der Waals surface area contributed by atoms with Gasteiger partial charge in [-0.05, 0) is 19.4 Å². The zero-order valence-electron chi connectivity index (χ0n) is 8.07. The van der Waals surface area contributed by atoms with E-state index in [1.54, 1.807) is 0 Å². The molecule has 2 unspecified atom stereocenters. The summed E-state index contributed by atoms with van der Waals surface area (Å²) in [6, 6.07) is 0.0291. The van der Waals surface area contributed by atoms with Gasteiger partial charge in [0.15, 0.2) is 0 Å². The fourth-order valence-electron chi connectivity index (χ4n) is 1.91. The first-order valence-electron chi connectivity index (χ1n) is 4.84. The van der Waals surface area contributed by atoms with Gasteiger partial charge >= 0.3 is 5.97 Å². The lowest BCUT2D eigenvalue weighted by Gasteiger charge is -2.34. The van der Waals surface area contributed by atoms with Gasteiger partial charge in [0.1, 0.15) is 0 Å². The number of aliphatic carboxylic acids is 1. The van der Waals surface area contributed by atoms with Crippen molar-refractivity contribution in [3.05, 3.63) is 0 Å². The second kappa shape index (κ2) is 4.58. The van der Waals surface area contributed by atoms with Crippen LogP contribution in [-0.4, -0.2) is 41.7 Å².